The van der Waals surface area contributed by atoms with Gasteiger partial charge in [0.15, 0.2) is 0 Å². The van der Waals surface area contributed by atoms with Gasteiger partial charge in [0.2, 0.25) is 0 Å². The Morgan fingerprint density at radius 2 is 2.40 bits per heavy atom. The zero-order valence-corrected chi connectivity index (χ0v) is 6.13. The Morgan fingerprint density at radius 1 is 1.70 bits per heavy atom. The number of hydrogen-bond donors (Lipinski definition) is 1. The van der Waals surface area contributed by atoms with Gasteiger partial charge in [-0.1, -0.05) is 13.3 Å². The third-order valence-corrected chi connectivity index (χ3v) is 1.07. The van der Waals surface area contributed by atoms with E-state index in [1.54, 1.807) is 6.33 Å². The molecule has 0 fully saturated rings. The largest absolute Gasteiger partial charge is 0.348 e. The molecule has 1 heterocycles. The zero-order chi connectivity index (χ0) is 7.82. The van der Waals surface area contributed by atoms with Crippen LogP contribution < -0.4 is 0 Å². The minimum atomic E-state index is 1.11. The molecular weight excluding hydrogens is 128 g/mol. The summed E-state index contributed by atoms with van der Waals surface area (Å²) < 4.78 is 0. The summed E-state index contributed by atoms with van der Waals surface area (Å²) in [7, 11) is 0. The highest BCUT2D eigenvalue weighted by atomic mass is 16.1. The number of H-pyrrole nitrogens is 1. The first-order chi connectivity index (χ1) is 4.93. The number of hydrogen-bond acceptors (Lipinski definition) is 2. The average molecular weight is 140 g/mol. The summed E-state index contributed by atoms with van der Waals surface area (Å²) in [5.74, 6) is 0. The van der Waals surface area contributed by atoms with Crippen LogP contribution in [0.2, 0.25) is 0 Å². The maximum atomic E-state index is 8.00. The third kappa shape index (κ3) is 3.02. The van der Waals surface area contributed by atoms with Gasteiger partial charge in [0.05, 0.1) is 6.33 Å². The van der Waals surface area contributed by atoms with Crippen molar-refractivity contribution in [1.82, 2.24) is 9.97 Å². The van der Waals surface area contributed by atoms with E-state index in [2.05, 4.69) is 16.9 Å². The SMILES string of the molecule is C=O.CCCc1cnc[nH]1. The van der Waals surface area contributed by atoms with Crippen molar-refractivity contribution in [3.05, 3.63) is 18.2 Å². The molecule has 0 aliphatic rings. The van der Waals surface area contributed by atoms with Crippen LogP contribution in [-0.4, -0.2) is 16.8 Å². The molecule has 3 nitrogen and oxygen atoms in total. The number of aryl methyl sites for hydroxylation is 1. The Hall–Kier alpha value is -1.12. The molecule has 0 aliphatic carbocycles. The number of nitrogens with zero attached hydrogens (tertiary/aromatic N) is 1. The predicted molar refractivity (Wildman–Crippen MR) is 39.7 cm³/mol. The maximum Gasteiger partial charge on any atom is 0.106 e. The Labute approximate surface area is 60.5 Å². The zero-order valence-electron chi connectivity index (χ0n) is 6.13. The van der Waals surface area contributed by atoms with Gasteiger partial charge in [0, 0.05) is 11.9 Å². The van der Waals surface area contributed by atoms with E-state index in [0.29, 0.717) is 0 Å². The van der Waals surface area contributed by atoms with E-state index in [0.717, 1.165) is 6.42 Å². The molecule has 0 atom stereocenters. The lowest BCUT2D eigenvalue weighted by molar-refractivity contribution is -0.0979. The molecule has 0 spiro atoms. The molecule has 0 unspecified atom stereocenters. The standard InChI is InChI=1S/C6H10N2.CH2O/c1-2-3-6-4-7-5-8-6;1-2/h4-5H,2-3H2,1H3,(H,7,8);1H2. The van der Waals surface area contributed by atoms with Gasteiger partial charge in [-0.15, -0.1) is 0 Å². The average Bonchev–Trinajstić information content (AvgIpc) is 2.46. The van der Waals surface area contributed by atoms with Gasteiger partial charge in [0.25, 0.3) is 0 Å². The fourth-order valence-electron chi connectivity index (χ4n) is 0.691. The van der Waals surface area contributed by atoms with E-state index in [1.807, 2.05) is 13.0 Å². The molecule has 0 bridgehead atoms. The van der Waals surface area contributed by atoms with Crippen LogP contribution in [0.25, 0.3) is 0 Å². The van der Waals surface area contributed by atoms with Gasteiger partial charge in [0.1, 0.15) is 6.79 Å². The van der Waals surface area contributed by atoms with Crippen LogP contribution in [0.4, 0.5) is 0 Å². The van der Waals surface area contributed by atoms with Crippen LogP contribution in [-0.2, 0) is 11.2 Å². The van der Waals surface area contributed by atoms with Crippen molar-refractivity contribution in [2.24, 2.45) is 0 Å². The van der Waals surface area contributed by atoms with E-state index >= 15 is 0 Å². The Balaban J connectivity index is 0.000000371. The molecule has 0 saturated carbocycles. The quantitative estimate of drug-likeness (QED) is 0.670. The van der Waals surface area contributed by atoms with Crippen LogP contribution in [0, 0.1) is 0 Å². The molecule has 1 aromatic rings. The van der Waals surface area contributed by atoms with E-state index in [4.69, 9.17) is 4.79 Å². The Kier molecular flexibility index (Phi) is 5.33. The van der Waals surface area contributed by atoms with E-state index < -0.39 is 0 Å². The van der Waals surface area contributed by atoms with Crippen LogP contribution >= 0.6 is 0 Å². The number of rotatable bonds is 2. The number of aromatic nitrogens is 2. The smallest absolute Gasteiger partial charge is 0.106 e. The number of carbonyl (C=O) groups is 1. The normalized spacial score (nSPS) is 8.10. The van der Waals surface area contributed by atoms with Crippen molar-refractivity contribution in [3.8, 4) is 0 Å². The molecule has 0 amide bonds. The summed E-state index contributed by atoms with van der Waals surface area (Å²) >= 11 is 0. The summed E-state index contributed by atoms with van der Waals surface area (Å²) in [5.41, 5.74) is 1.23. The van der Waals surface area contributed by atoms with Crippen LogP contribution in [0.5, 0.6) is 0 Å². The first-order valence-electron chi connectivity index (χ1n) is 3.19. The van der Waals surface area contributed by atoms with Crippen molar-refractivity contribution in [2.45, 2.75) is 19.8 Å². The van der Waals surface area contributed by atoms with E-state index in [-0.39, 0.29) is 0 Å². The second-order valence-corrected chi connectivity index (χ2v) is 1.83. The van der Waals surface area contributed by atoms with Gasteiger partial charge in [-0.05, 0) is 6.42 Å². The fraction of sp³-hybridized carbons (Fsp3) is 0.429. The van der Waals surface area contributed by atoms with E-state index in [1.165, 1.54) is 12.1 Å². The molecule has 1 N–H and O–H groups in total. The predicted octanol–water partition coefficient (Wildman–Crippen LogP) is 1.18. The molecule has 1 rings (SSSR count). The van der Waals surface area contributed by atoms with Gasteiger partial charge >= 0.3 is 0 Å². The van der Waals surface area contributed by atoms with Crippen molar-refractivity contribution in [3.63, 3.8) is 0 Å². The van der Waals surface area contributed by atoms with Crippen LogP contribution in [0.3, 0.4) is 0 Å². The highest BCUT2D eigenvalue weighted by Gasteiger charge is 1.86. The number of nitrogens with one attached hydrogen (secondary N) is 1. The lowest BCUT2D eigenvalue weighted by atomic mass is 10.3. The summed E-state index contributed by atoms with van der Waals surface area (Å²) in [5, 5.41) is 0. The number of carbonyl (C=O) groups excluding carboxylic acids is 1. The topological polar surface area (TPSA) is 45.8 Å². The maximum absolute atomic E-state index is 8.00. The van der Waals surface area contributed by atoms with Crippen LogP contribution in [0.1, 0.15) is 19.0 Å². The first-order valence-corrected chi connectivity index (χ1v) is 3.19. The van der Waals surface area contributed by atoms with Crippen molar-refractivity contribution < 1.29 is 4.79 Å². The second-order valence-electron chi connectivity index (χ2n) is 1.83. The summed E-state index contributed by atoms with van der Waals surface area (Å²) in [6, 6.07) is 0. The van der Waals surface area contributed by atoms with Gasteiger partial charge in [-0.2, -0.15) is 0 Å². The van der Waals surface area contributed by atoms with Crippen LogP contribution in [0.15, 0.2) is 12.5 Å². The summed E-state index contributed by atoms with van der Waals surface area (Å²) in [6.07, 6.45) is 5.87. The van der Waals surface area contributed by atoms with Crippen molar-refractivity contribution in [2.75, 3.05) is 0 Å². The van der Waals surface area contributed by atoms with E-state index in [9.17, 15) is 0 Å². The van der Waals surface area contributed by atoms with Gasteiger partial charge < -0.3 is 9.78 Å². The first kappa shape index (κ1) is 8.88. The Bertz CT molecular complexity index is 149. The van der Waals surface area contributed by atoms with Crippen molar-refractivity contribution >= 4 is 6.79 Å². The third-order valence-electron chi connectivity index (χ3n) is 1.07. The molecular formula is C7H12N2O. The fourth-order valence-corrected chi connectivity index (χ4v) is 0.691. The molecule has 0 aromatic carbocycles. The highest BCUT2D eigenvalue weighted by Crippen LogP contribution is 1.93. The molecule has 56 valence electrons. The highest BCUT2D eigenvalue weighted by molar-refractivity contribution is 5.10. The minimum Gasteiger partial charge on any atom is -0.348 e. The number of imidazole rings is 1. The van der Waals surface area contributed by atoms with Crippen molar-refractivity contribution in [1.29, 1.82) is 0 Å². The molecule has 3 heteroatoms. The molecule has 0 aliphatic heterocycles. The molecule has 0 radical (unpaired) electrons. The summed E-state index contributed by atoms with van der Waals surface area (Å²) in [6.45, 7) is 4.15. The second kappa shape index (κ2) is 6.01. The summed E-state index contributed by atoms with van der Waals surface area (Å²) in [4.78, 5) is 14.9. The minimum absolute atomic E-state index is 1.11. The monoisotopic (exact) mass is 140 g/mol. The molecule has 10 heavy (non-hydrogen) atoms. The number of aromatic amines is 1. The molecule has 1 aromatic heterocycles. The lowest BCUT2D eigenvalue weighted by Gasteiger charge is -1.86. The molecule has 0 saturated heterocycles. The Morgan fingerprint density at radius 3 is 2.80 bits per heavy atom. The van der Waals surface area contributed by atoms with Gasteiger partial charge in [-0.25, -0.2) is 4.98 Å². The van der Waals surface area contributed by atoms with Gasteiger partial charge in [-0.3, -0.25) is 0 Å². The lowest BCUT2D eigenvalue weighted by Crippen LogP contribution is -1.79.